The highest BCUT2D eigenvalue weighted by Gasteiger charge is 2.45. The standard InChI is InChI=1S/C26H34N4O5S/c1-15-21(36-14-28-15)17-7-5-16(6-8-17)10-27-24(33)20-9-19(31)11-30(20)25(34)22(26(2,3)4)29-23(32)18-12-35-13-18/h5-8,14,18-20,22,31H,9-13H2,1-4H3,(H,27,33)(H,29,32)/t19-,20+,22?/m1/s1. The molecule has 4 rings (SSSR count). The van der Waals surface area contributed by atoms with Crippen molar-refractivity contribution in [3.05, 3.63) is 41.0 Å². The molecule has 194 valence electrons. The summed E-state index contributed by atoms with van der Waals surface area (Å²) in [6, 6.07) is 6.28. The molecule has 2 saturated heterocycles. The Morgan fingerprint density at radius 3 is 2.44 bits per heavy atom. The number of aryl methyl sites for hydroxylation is 1. The Kier molecular flexibility index (Phi) is 7.77. The van der Waals surface area contributed by atoms with Gasteiger partial charge in [-0.1, -0.05) is 45.0 Å². The smallest absolute Gasteiger partial charge is 0.246 e. The molecule has 10 heteroatoms. The third kappa shape index (κ3) is 5.77. The van der Waals surface area contributed by atoms with Crippen molar-refractivity contribution in [2.75, 3.05) is 19.8 Å². The lowest BCUT2D eigenvalue weighted by Gasteiger charge is -2.37. The van der Waals surface area contributed by atoms with Crippen molar-refractivity contribution in [2.45, 2.75) is 58.8 Å². The monoisotopic (exact) mass is 514 g/mol. The van der Waals surface area contributed by atoms with E-state index in [0.717, 1.165) is 21.7 Å². The number of aliphatic hydroxyl groups excluding tert-OH is 1. The number of hydrogen-bond acceptors (Lipinski definition) is 7. The quantitative estimate of drug-likeness (QED) is 0.519. The van der Waals surface area contributed by atoms with Gasteiger partial charge in [0.15, 0.2) is 0 Å². The van der Waals surface area contributed by atoms with Gasteiger partial charge in [0.1, 0.15) is 12.1 Å². The summed E-state index contributed by atoms with van der Waals surface area (Å²) in [5, 5.41) is 16.1. The molecule has 0 spiro atoms. The third-order valence-electron chi connectivity index (χ3n) is 6.70. The number of carbonyl (C=O) groups excluding carboxylic acids is 3. The molecule has 3 amide bonds. The molecule has 36 heavy (non-hydrogen) atoms. The van der Waals surface area contributed by atoms with Gasteiger partial charge in [0.2, 0.25) is 17.7 Å². The van der Waals surface area contributed by atoms with Gasteiger partial charge in [-0.25, -0.2) is 4.98 Å². The zero-order valence-corrected chi connectivity index (χ0v) is 21.9. The molecule has 2 aromatic rings. The molecule has 0 radical (unpaired) electrons. The maximum atomic E-state index is 13.6. The number of ether oxygens (including phenoxy) is 1. The minimum atomic E-state index is -0.825. The molecular formula is C26H34N4O5S. The number of hydrogen-bond donors (Lipinski definition) is 3. The minimum absolute atomic E-state index is 0.0504. The number of β-amino-alcohol motifs (C(OH)–C–C–N with tert-alkyl or cyclic N) is 1. The van der Waals surface area contributed by atoms with Crippen LogP contribution in [-0.2, 0) is 25.7 Å². The summed E-state index contributed by atoms with van der Waals surface area (Å²) in [7, 11) is 0. The Hall–Kier alpha value is -2.82. The van der Waals surface area contributed by atoms with Crippen LogP contribution in [0, 0.1) is 18.3 Å². The average Bonchev–Trinajstić information content (AvgIpc) is 3.39. The number of likely N-dealkylation sites (tertiary alicyclic amines) is 1. The molecule has 1 aromatic carbocycles. The van der Waals surface area contributed by atoms with Crippen molar-refractivity contribution in [2.24, 2.45) is 11.3 Å². The summed E-state index contributed by atoms with van der Waals surface area (Å²) >= 11 is 1.59. The molecular weight excluding hydrogens is 480 g/mol. The van der Waals surface area contributed by atoms with Crippen LogP contribution in [0.5, 0.6) is 0 Å². The van der Waals surface area contributed by atoms with Crippen LogP contribution in [0.3, 0.4) is 0 Å². The molecule has 2 fully saturated rings. The highest BCUT2D eigenvalue weighted by molar-refractivity contribution is 7.13. The Bertz CT molecular complexity index is 1110. The summed E-state index contributed by atoms with van der Waals surface area (Å²) in [5.41, 5.74) is 4.22. The number of aromatic nitrogens is 1. The van der Waals surface area contributed by atoms with Gasteiger partial charge in [-0.15, -0.1) is 11.3 Å². The van der Waals surface area contributed by atoms with Crippen molar-refractivity contribution in [3.8, 4) is 10.4 Å². The predicted molar refractivity (Wildman–Crippen MR) is 136 cm³/mol. The maximum absolute atomic E-state index is 13.6. The summed E-state index contributed by atoms with van der Waals surface area (Å²) in [5.74, 6) is -1.18. The average molecular weight is 515 g/mol. The van der Waals surface area contributed by atoms with Crippen LogP contribution in [-0.4, -0.2) is 70.7 Å². The van der Waals surface area contributed by atoms with Crippen molar-refractivity contribution in [1.82, 2.24) is 20.5 Å². The number of nitrogens with one attached hydrogen (secondary N) is 2. The lowest BCUT2D eigenvalue weighted by atomic mass is 9.85. The highest BCUT2D eigenvalue weighted by Crippen LogP contribution is 2.28. The fourth-order valence-corrected chi connectivity index (χ4v) is 5.24. The molecule has 1 unspecified atom stereocenters. The SMILES string of the molecule is Cc1ncsc1-c1ccc(CNC(=O)[C@@H]2C[C@@H](O)CN2C(=O)C(NC(=O)C2COC2)C(C)(C)C)cc1. The summed E-state index contributed by atoms with van der Waals surface area (Å²) in [6.45, 7) is 8.61. The number of carbonyl (C=O) groups is 3. The van der Waals surface area contributed by atoms with Crippen LogP contribution in [0.15, 0.2) is 29.8 Å². The van der Waals surface area contributed by atoms with Gasteiger partial charge in [-0.05, 0) is 23.5 Å². The van der Waals surface area contributed by atoms with Crippen LogP contribution in [0.1, 0.15) is 38.4 Å². The molecule has 2 aliphatic rings. The molecule has 2 aliphatic heterocycles. The lowest BCUT2D eigenvalue weighted by molar-refractivity contribution is -0.148. The first kappa shape index (κ1) is 26.2. The van der Waals surface area contributed by atoms with Crippen LogP contribution in [0.2, 0.25) is 0 Å². The van der Waals surface area contributed by atoms with Gasteiger partial charge in [0, 0.05) is 19.5 Å². The molecule has 3 atom stereocenters. The van der Waals surface area contributed by atoms with Crippen molar-refractivity contribution < 1.29 is 24.2 Å². The summed E-state index contributed by atoms with van der Waals surface area (Å²) in [6.07, 6.45) is -0.648. The van der Waals surface area contributed by atoms with Gasteiger partial charge >= 0.3 is 0 Å². The predicted octanol–water partition coefficient (Wildman–Crippen LogP) is 1.87. The highest BCUT2D eigenvalue weighted by atomic mass is 32.1. The first-order valence-electron chi connectivity index (χ1n) is 12.2. The van der Waals surface area contributed by atoms with Gasteiger partial charge in [0.05, 0.1) is 41.3 Å². The van der Waals surface area contributed by atoms with E-state index in [1.807, 2.05) is 57.5 Å². The zero-order valence-electron chi connectivity index (χ0n) is 21.1. The maximum Gasteiger partial charge on any atom is 0.246 e. The number of aliphatic hydroxyl groups is 1. The Labute approximate surface area is 215 Å². The fraction of sp³-hybridized carbons (Fsp3) is 0.538. The van der Waals surface area contributed by atoms with Crippen molar-refractivity contribution in [1.29, 1.82) is 0 Å². The van der Waals surface area contributed by atoms with Crippen LogP contribution in [0.4, 0.5) is 0 Å². The van der Waals surface area contributed by atoms with E-state index in [1.165, 1.54) is 4.90 Å². The zero-order chi connectivity index (χ0) is 26.0. The number of nitrogens with zero attached hydrogens (tertiary/aromatic N) is 2. The Balaban J connectivity index is 1.41. The molecule has 9 nitrogen and oxygen atoms in total. The Morgan fingerprint density at radius 1 is 1.19 bits per heavy atom. The molecule has 0 aliphatic carbocycles. The largest absolute Gasteiger partial charge is 0.391 e. The van der Waals surface area contributed by atoms with Crippen molar-refractivity contribution in [3.63, 3.8) is 0 Å². The van der Waals surface area contributed by atoms with E-state index in [4.69, 9.17) is 4.74 Å². The van der Waals surface area contributed by atoms with E-state index < -0.39 is 23.6 Å². The van der Waals surface area contributed by atoms with E-state index in [2.05, 4.69) is 15.6 Å². The summed E-state index contributed by atoms with van der Waals surface area (Å²) < 4.78 is 5.10. The van der Waals surface area contributed by atoms with E-state index >= 15 is 0 Å². The second-order valence-electron chi connectivity index (χ2n) is 10.6. The van der Waals surface area contributed by atoms with Crippen LogP contribution in [0.25, 0.3) is 10.4 Å². The van der Waals surface area contributed by atoms with Crippen LogP contribution >= 0.6 is 11.3 Å². The van der Waals surface area contributed by atoms with E-state index in [9.17, 15) is 19.5 Å². The van der Waals surface area contributed by atoms with Gasteiger partial charge in [-0.2, -0.15) is 0 Å². The van der Waals surface area contributed by atoms with Gasteiger partial charge in [-0.3, -0.25) is 14.4 Å². The number of benzene rings is 1. The number of amides is 3. The third-order valence-corrected chi connectivity index (χ3v) is 7.68. The lowest BCUT2D eigenvalue weighted by Crippen LogP contribution is -2.59. The topological polar surface area (TPSA) is 121 Å². The molecule has 0 saturated carbocycles. The van der Waals surface area contributed by atoms with E-state index in [1.54, 1.807) is 11.3 Å². The van der Waals surface area contributed by atoms with Crippen molar-refractivity contribution >= 4 is 29.1 Å². The summed E-state index contributed by atoms with van der Waals surface area (Å²) in [4.78, 5) is 46.0. The Morgan fingerprint density at radius 2 is 1.89 bits per heavy atom. The fourth-order valence-electron chi connectivity index (χ4n) is 4.43. The molecule has 3 N–H and O–H groups in total. The first-order chi connectivity index (χ1) is 17.0. The first-order valence-corrected chi connectivity index (χ1v) is 13.1. The van der Waals surface area contributed by atoms with E-state index in [0.29, 0.717) is 19.8 Å². The molecule has 1 aromatic heterocycles. The van der Waals surface area contributed by atoms with Gasteiger partial charge < -0.3 is 25.4 Å². The van der Waals surface area contributed by atoms with E-state index in [-0.39, 0.29) is 36.6 Å². The number of thiazole rings is 1. The van der Waals surface area contributed by atoms with Gasteiger partial charge in [0.25, 0.3) is 0 Å². The minimum Gasteiger partial charge on any atom is -0.391 e. The normalized spacial score (nSPS) is 21.1. The molecule has 3 heterocycles. The second kappa shape index (κ2) is 10.7. The second-order valence-corrected chi connectivity index (χ2v) is 11.5. The number of rotatable bonds is 7. The molecule has 0 bridgehead atoms. The van der Waals surface area contributed by atoms with Crippen LogP contribution < -0.4 is 10.6 Å².